The predicted octanol–water partition coefficient (Wildman–Crippen LogP) is 3.49. The number of nitrogen functional groups attached to an aromatic ring is 1. The van der Waals surface area contributed by atoms with Gasteiger partial charge in [0.25, 0.3) is 0 Å². The van der Waals surface area contributed by atoms with Crippen molar-refractivity contribution < 1.29 is 9.90 Å². The summed E-state index contributed by atoms with van der Waals surface area (Å²) in [5, 5.41) is 15.3. The summed E-state index contributed by atoms with van der Waals surface area (Å²) >= 11 is 0. The molecule has 26 heavy (non-hydrogen) atoms. The molecule has 0 atom stereocenters. The van der Waals surface area contributed by atoms with Crippen LogP contribution in [0, 0.1) is 13.8 Å². The Hall–Kier alpha value is -3.54. The SMILES string of the molecule is Cc1ccc(O)c(C)c1-n1ncc(C(=O)c2cc3ccccc3[nH]2)c1N. The van der Waals surface area contributed by atoms with Crippen molar-refractivity contribution in [3.05, 3.63) is 71.0 Å². The number of rotatable bonds is 3. The Balaban J connectivity index is 1.81. The van der Waals surface area contributed by atoms with E-state index in [1.165, 1.54) is 10.9 Å². The monoisotopic (exact) mass is 346 g/mol. The molecule has 4 rings (SSSR count). The van der Waals surface area contributed by atoms with Crippen molar-refractivity contribution in [2.45, 2.75) is 13.8 Å². The Bertz CT molecular complexity index is 1120. The van der Waals surface area contributed by atoms with Crippen LogP contribution in [0.3, 0.4) is 0 Å². The maximum absolute atomic E-state index is 12.9. The first-order valence-electron chi connectivity index (χ1n) is 8.23. The van der Waals surface area contributed by atoms with Crippen molar-refractivity contribution in [1.29, 1.82) is 0 Å². The van der Waals surface area contributed by atoms with Gasteiger partial charge in [0.2, 0.25) is 5.78 Å². The number of hydrogen-bond donors (Lipinski definition) is 3. The first kappa shape index (κ1) is 16.0. The Labute approximate surface area is 149 Å². The van der Waals surface area contributed by atoms with E-state index in [0.29, 0.717) is 22.5 Å². The highest BCUT2D eigenvalue weighted by atomic mass is 16.3. The number of phenols is 1. The molecule has 4 aromatic rings. The molecule has 2 heterocycles. The number of aryl methyl sites for hydroxylation is 1. The molecule has 0 spiro atoms. The van der Waals surface area contributed by atoms with Crippen LogP contribution < -0.4 is 5.73 Å². The zero-order valence-electron chi connectivity index (χ0n) is 14.4. The van der Waals surface area contributed by atoms with Gasteiger partial charge in [-0.25, -0.2) is 4.68 Å². The maximum atomic E-state index is 12.9. The van der Waals surface area contributed by atoms with Crippen molar-refractivity contribution in [3.63, 3.8) is 0 Å². The molecule has 2 aromatic carbocycles. The molecule has 130 valence electrons. The number of aromatic hydroxyl groups is 1. The van der Waals surface area contributed by atoms with Gasteiger partial charge >= 0.3 is 0 Å². The van der Waals surface area contributed by atoms with Gasteiger partial charge in [0, 0.05) is 16.5 Å². The highest BCUT2D eigenvalue weighted by molar-refractivity contribution is 6.12. The standard InChI is InChI=1S/C20H18N4O2/c1-11-7-8-17(25)12(2)18(11)24-20(21)14(10-22-24)19(26)16-9-13-5-3-4-6-15(13)23-16/h3-10,23,25H,21H2,1-2H3. The zero-order valence-corrected chi connectivity index (χ0v) is 14.4. The fraction of sp³-hybridized carbons (Fsp3) is 0.100. The largest absolute Gasteiger partial charge is 0.508 e. The minimum absolute atomic E-state index is 0.156. The minimum Gasteiger partial charge on any atom is -0.508 e. The van der Waals surface area contributed by atoms with E-state index >= 15 is 0 Å². The van der Waals surface area contributed by atoms with E-state index in [-0.39, 0.29) is 17.4 Å². The number of anilines is 1. The second kappa shape index (κ2) is 5.77. The second-order valence-electron chi connectivity index (χ2n) is 6.33. The molecule has 0 amide bonds. The average molecular weight is 346 g/mol. The van der Waals surface area contributed by atoms with Gasteiger partial charge < -0.3 is 15.8 Å². The summed E-state index contributed by atoms with van der Waals surface area (Å²) in [6.45, 7) is 3.69. The third-order valence-corrected chi connectivity index (χ3v) is 4.64. The fourth-order valence-electron chi connectivity index (χ4n) is 3.20. The number of hydrogen-bond acceptors (Lipinski definition) is 4. The van der Waals surface area contributed by atoms with Gasteiger partial charge in [-0.05, 0) is 37.6 Å². The van der Waals surface area contributed by atoms with Gasteiger partial charge in [-0.2, -0.15) is 5.10 Å². The topological polar surface area (TPSA) is 96.9 Å². The van der Waals surface area contributed by atoms with Crippen LogP contribution in [0.15, 0.2) is 48.7 Å². The Morgan fingerprint density at radius 3 is 2.73 bits per heavy atom. The van der Waals surface area contributed by atoms with Crippen molar-refractivity contribution >= 4 is 22.5 Å². The molecular weight excluding hydrogens is 328 g/mol. The number of aromatic nitrogens is 3. The number of nitrogens with two attached hydrogens (primary N) is 1. The number of carbonyl (C=O) groups excluding carboxylic acids is 1. The molecule has 0 fully saturated rings. The maximum Gasteiger partial charge on any atom is 0.214 e. The molecule has 0 unspecified atom stereocenters. The van der Waals surface area contributed by atoms with E-state index in [4.69, 9.17) is 5.73 Å². The quantitative estimate of drug-likeness (QED) is 0.495. The summed E-state index contributed by atoms with van der Waals surface area (Å²) in [5.41, 5.74) is 10.1. The molecule has 0 aliphatic heterocycles. The first-order valence-corrected chi connectivity index (χ1v) is 8.23. The lowest BCUT2D eigenvalue weighted by Gasteiger charge is -2.13. The van der Waals surface area contributed by atoms with Crippen LogP contribution in [0.25, 0.3) is 16.6 Å². The molecule has 6 heteroatoms. The lowest BCUT2D eigenvalue weighted by Crippen LogP contribution is -2.09. The van der Waals surface area contributed by atoms with Gasteiger partial charge in [-0.3, -0.25) is 4.79 Å². The molecule has 0 radical (unpaired) electrons. The third kappa shape index (κ3) is 2.35. The molecule has 2 aromatic heterocycles. The van der Waals surface area contributed by atoms with Gasteiger partial charge in [0.05, 0.1) is 23.1 Å². The van der Waals surface area contributed by atoms with Gasteiger partial charge in [0.1, 0.15) is 11.6 Å². The summed E-state index contributed by atoms with van der Waals surface area (Å²) in [6, 6.07) is 12.9. The van der Waals surface area contributed by atoms with Crippen LogP contribution in [0.1, 0.15) is 27.2 Å². The number of H-pyrrole nitrogens is 1. The molecule has 0 aliphatic carbocycles. The summed E-state index contributed by atoms with van der Waals surface area (Å²) in [4.78, 5) is 16.0. The van der Waals surface area contributed by atoms with Crippen molar-refractivity contribution in [1.82, 2.24) is 14.8 Å². The molecule has 6 nitrogen and oxygen atoms in total. The molecule has 0 saturated heterocycles. The highest BCUT2D eigenvalue weighted by Crippen LogP contribution is 2.30. The van der Waals surface area contributed by atoms with Crippen LogP contribution in [0.2, 0.25) is 0 Å². The molecular formula is C20H18N4O2. The fourth-order valence-corrected chi connectivity index (χ4v) is 3.20. The molecule has 0 saturated carbocycles. The number of fused-ring (bicyclic) bond motifs is 1. The third-order valence-electron chi connectivity index (χ3n) is 4.64. The molecule has 0 bridgehead atoms. The number of aromatic amines is 1. The summed E-state index contributed by atoms with van der Waals surface area (Å²) in [7, 11) is 0. The molecule has 4 N–H and O–H groups in total. The Morgan fingerprint density at radius 1 is 1.19 bits per heavy atom. The number of nitrogens with zero attached hydrogens (tertiary/aromatic N) is 2. The van der Waals surface area contributed by atoms with E-state index in [0.717, 1.165) is 16.5 Å². The van der Waals surface area contributed by atoms with Crippen molar-refractivity contribution in [2.24, 2.45) is 0 Å². The Kier molecular flexibility index (Phi) is 3.54. The minimum atomic E-state index is -0.222. The average Bonchev–Trinajstić information content (AvgIpc) is 3.22. The summed E-state index contributed by atoms with van der Waals surface area (Å²) in [5.74, 6) is 0.176. The van der Waals surface area contributed by atoms with Crippen molar-refractivity contribution in [3.8, 4) is 11.4 Å². The summed E-state index contributed by atoms with van der Waals surface area (Å²) < 4.78 is 1.50. The Morgan fingerprint density at radius 2 is 1.96 bits per heavy atom. The van der Waals surface area contributed by atoms with Gasteiger partial charge in [-0.15, -0.1) is 0 Å². The molecule has 0 aliphatic rings. The van der Waals surface area contributed by atoms with E-state index in [1.807, 2.05) is 31.2 Å². The number of para-hydroxylation sites is 1. The lowest BCUT2D eigenvalue weighted by atomic mass is 10.1. The van der Waals surface area contributed by atoms with E-state index in [2.05, 4.69) is 10.1 Å². The lowest BCUT2D eigenvalue weighted by molar-refractivity contribution is 0.103. The highest BCUT2D eigenvalue weighted by Gasteiger charge is 2.21. The number of nitrogens with one attached hydrogen (secondary N) is 1. The van der Waals surface area contributed by atoms with Crippen LogP contribution in [0.5, 0.6) is 5.75 Å². The van der Waals surface area contributed by atoms with Crippen LogP contribution >= 0.6 is 0 Å². The van der Waals surface area contributed by atoms with E-state index in [1.54, 1.807) is 25.1 Å². The normalized spacial score (nSPS) is 11.2. The number of benzene rings is 2. The summed E-state index contributed by atoms with van der Waals surface area (Å²) in [6.07, 6.45) is 1.46. The first-order chi connectivity index (χ1) is 12.5. The number of ketones is 1. The second-order valence-corrected chi connectivity index (χ2v) is 6.33. The zero-order chi connectivity index (χ0) is 18.4. The number of phenolic OH excluding ortho intramolecular Hbond substituents is 1. The predicted molar refractivity (Wildman–Crippen MR) is 101 cm³/mol. The smallest absolute Gasteiger partial charge is 0.214 e. The van der Waals surface area contributed by atoms with Crippen LogP contribution in [0.4, 0.5) is 5.82 Å². The van der Waals surface area contributed by atoms with E-state index in [9.17, 15) is 9.90 Å². The van der Waals surface area contributed by atoms with Gasteiger partial charge in [0.15, 0.2) is 0 Å². The van der Waals surface area contributed by atoms with E-state index < -0.39 is 0 Å². The van der Waals surface area contributed by atoms with Gasteiger partial charge in [-0.1, -0.05) is 24.3 Å². The van der Waals surface area contributed by atoms with Crippen LogP contribution in [-0.2, 0) is 0 Å². The van der Waals surface area contributed by atoms with Crippen molar-refractivity contribution in [2.75, 3.05) is 5.73 Å². The number of carbonyl (C=O) groups is 1. The van der Waals surface area contributed by atoms with Crippen LogP contribution in [-0.4, -0.2) is 25.7 Å².